The number of hydrogen-bond donors (Lipinski definition) is 1. The summed E-state index contributed by atoms with van der Waals surface area (Å²) in [7, 11) is 0. The van der Waals surface area contributed by atoms with Gasteiger partial charge in [-0.05, 0) is 56.3 Å². The zero-order valence-electron chi connectivity index (χ0n) is 13.3. The molecule has 0 unspecified atom stereocenters. The van der Waals surface area contributed by atoms with Crippen molar-refractivity contribution in [3.8, 4) is 0 Å². The van der Waals surface area contributed by atoms with Gasteiger partial charge in [0, 0.05) is 16.8 Å². The zero-order valence-corrected chi connectivity index (χ0v) is 14.1. The summed E-state index contributed by atoms with van der Waals surface area (Å²) in [5.41, 5.74) is 0.179. The quantitative estimate of drug-likeness (QED) is 0.666. The van der Waals surface area contributed by atoms with Crippen LogP contribution in [0.25, 0.3) is 0 Å². The van der Waals surface area contributed by atoms with E-state index in [1.165, 1.54) is 49.9 Å². The Kier molecular flexibility index (Phi) is 3.05. The summed E-state index contributed by atoms with van der Waals surface area (Å²) in [5, 5.41) is 23.6. The van der Waals surface area contributed by atoms with Crippen LogP contribution in [0, 0.1) is 33.8 Å². The Morgan fingerprint density at radius 2 is 1.75 bits per heavy atom. The molecule has 8 heteroatoms. The number of anilines is 1. The molecule has 0 saturated heterocycles. The number of nitro groups is 1. The van der Waals surface area contributed by atoms with E-state index in [0.29, 0.717) is 11.6 Å². The lowest BCUT2D eigenvalue weighted by atomic mass is 9.50. The van der Waals surface area contributed by atoms with Gasteiger partial charge in [-0.25, -0.2) is 0 Å². The molecule has 4 bridgehead atoms. The molecule has 0 aliphatic heterocycles. The summed E-state index contributed by atoms with van der Waals surface area (Å²) < 4.78 is 0. The van der Waals surface area contributed by atoms with E-state index < -0.39 is 12.0 Å². The standard InChI is InChI=1S/C16H20N4O3S/c21-13(11-4-12(11)20(22)23)17-15-19-18-14(24-15)16-5-8-1-9(6-16)3-10(2-8)7-16/h8-12H,1-7H2,(H,17,19,21)/t8?,9?,10?,11-,12-,16?/m0/s1. The summed E-state index contributed by atoms with van der Waals surface area (Å²) in [6.45, 7) is 0. The van der Waals surface area contributed by atoms with Crippen LogP contribution in [0.1, 0.15) is 50.0 Å². The van der Waals surface area contributed by atoms with Crippen molar-refractivity contribution < 1.29 is 9.72 Å². The largest absolute Gasteiger partial charge is 0.300 e. The number of carbonyl (C=O) groups excluding carboxylic acids is 1. The molecule has 1 aromatic rings. The third-order valence-corrected chi connectivity index (χ3v) is 7.60. The van der Waals surface area contributed by atoms with Gasteiger partial charge in [-0.3, -0.25) is 14.9 Å². The molecule has 1 aromatic heterocycles. The fraction of sp³-hybridized carbons (Fsp3) is 0.812. The van der Waals surface area contributed by atoms with E-state index in [4.69, 9.17) is 0 Å². The van der Waals surface area contributed by atoms with Gasteiger partial charge in [0.2, 0.25) is 17.1 Å². The van der Waals surface area contributed by atoms with Crippen LogP contribution >= 0.6 is 11.3 Å². The van der Waals surface area contributed by atoms with Crippen LogP contribution in [0.2, 0.25) is 0 Å². The van der Waals surface area contributed by atoms with Gasteiger partial charge in [-0.1, -0.05) is 11.3 Å². The zero-order chi connectivity index (χ0) is 16.5. The van der Waals surface area contributed by atoms with Crippen LogP contribution in [0.4, 0.5) is 5.13 Å². The minimum atomic E-state index is -0.722. The molecular formula is C16H20N4O3S. The van der Waals surface area contributed by atoms with Crippen LogP contribution in [0.5, 0.6) is 0 Å². The maximum atomic E-state index is 12.1. The molecule has 6 rings (SSSR count). The Morgan fingerprint density at radius 3 is 2.29 bits per heavy atom. The Labute approximate surface area is 143 Å². The van der Waals surface area contributed by atoms with Gasteiger partial charge >= 0.3 is 0 Å². The number of nitrogens with zero attached hydrogens (tertiary/aromatic N) is 3. The predicted molar refractivity (Wildman–Crippen MR) is 87.3 cm³/mol. The van der Waals surface area contributed by atoms with E-state index in [0.717, 1.165) is 22.8 Å². The summed E-state index contributed by atoms with van der Waals surface area (Å²) >= 11 is 1.48. The molecule has 0 radical (unpaired) electrons. The van der Waals surface area contributed by atoms with Crippen molar-refractivity contribution >= 4 is 22.4 Å². The molecule has 2 atom stereocenters. The van der Waals surface area contributed by atoms with Crippen molar-refractivity contribution in [2.45, 2.75) is 56.4 Å². The van der Waals surface area contributed by atoms with Crippen molar-refractivity contribution in [1.82, 2.24) is 10.2 Å². The lowest BCUT2D eigenvalue weighted by Crippen LogP contribution is -2.48. The van der Waals surface area contributed by atoms with Crippen LogP contribution in [-0.2, 0) is 10.2 Å². The highest BCUT2D eigenvalue weighted by Crippen LogP contribution is 2.61. The molecule has 7 nitrogen and oxygen atoms in total. The van der Waals surface area contributed by atoms with Gasteiger partial charge in [0.25, 0.3) is 0 Å². The molecule has 5 fully saturated rings. The van der Waals surface area contributed by atoms with Crippen LogP contribution in [0.3, 0.4) is 0 Å². The summed E-state index contributed by atoms with van der Waals surface area (Å²) in [5.74, 6) is 1.72. The predicted octanol–water partition coefficient (Wildman–Crippen LogP) is 2.61. The van der Waals surface area contributed by atoms with Crippen LogP contribution in [0.15, 0.2) is 0 Å². The lowest BCUT2D eigenvalue weighted by Gasteiger charge is -2.55. The van der Waals surface area contributed by atoms with E-state index in [2.05, 4.69) is 15.5 Å². The average Bonchev–Trinajstić information content (AvgIpc) is 3.19. The third-order valence-electron chi connectivity index (χ3n) is 6.51. The van der Waals surface area contributed by atoms with E-state index in [1.807, 2.05) is 0 Å². The van der Waals surface area contributed by atoms with Gasteiger partial charge in [0.15, 0.2) is 0 Å². The third kappa shape index (κ3) is 2.26. The molecule has 5 aliphatic carbocycles. The average molecular weight is 348 g/mol. The van der Waals surface area contributed by atoms with Gasteiger partial charge in [-0.15, -0.1) is 10.2 Å². The number of aromatic nitrogens is 2. The maximum Gasteiger partial charge on any atom is 0.236 e. The fourth-order valence-corrected chi connectivity index (χ4v) is 6.72. The van der Waals surface area contributed by atoms with E-state index >= 15 is 0 Å². The topological polar surface area (TPSA) is 98.0 Å². The monoisotopic (exact) mass is 348 g/mol. The molecule has 1 heterocycles. The van der Waals surface area contributed by atoms with Crippen molar-refractivity contribution in [1.29, 1.82) is 0 Å². The summed E-state index contributed by atoms with van der Waals surface area (Å²) in [6.07, 6.45) is 8.12. The van der Waals surface area contributed by atoms with Crippen LogP contribution in [-0.4, -0.2) is 27.1 Å². The first kappa shape index (κ1) is 14.7. The molecule has 5 saturated carbocycles. The number of carbonyl (C=O) groups is 1. The minimum absolute atomic E-state index is 0.179. The molecule has 1 N–H and O–H groups in total. The normalized spacial score (nSPS) is 42.1. The Bertz CT molecular complexity index is 683. The first-order chi connectivity index (χ1) is 11.5. The van der Waals surface area contributed by atoms with E-state index in [9.17, 15) is 14.9 Å². The van der Waals surface area contributed by atoms with Crippen molar-refractivity contribution in [2.75, 3.05) is 5.32 Å². The lowest BCUT2D eigenvalue weighted by molar-refractivity contribution is -0.497. The van der Waals surface area contributed by atoms with Crippen molar-refractivity contribution in [3.63, 3.8) is 0 Å². The second-order valence-corrected chi connectivity index (χ2v) is 9.27. The number of nitrogens with one attached hydrogen (secondary N) is 1. The highest BCUT2D eigenvalue weighted by Gasteiger charge is 2.54. The number of rotatable bonds is 4. The SMILES string of the molecule is O=C(Nc1nnc(C23CC4CC(CC(C4)C2)C3)s1)[C@H]1C[C@@H]1[N+](=O)[O-]. The molecule has 24 heavy (non-hydrogen) atoms. The van der Waals surface area contributed by atoms with Crippen LogP contribution < -0.4 is 5.32 Å². The summed E-state index contributed by atoms with van der Waals surface area (Å²) in [6, 6.07) is -0.722. The van der Waals surface area contributed by atoms with Crippen molar-refractivity contribution in [2.24, 2.45) is 23.7 Å². The minimum Gasteiger partial charge on any atom is -0.300 e. The second kappa shape index (κ2) is 4.97. The number of amides is 1. The Hall–Kier alpha value is -1.57. The van der Waals surface area contributed by atoms with Gasteiger partial charge < -0.3 is 5.32 Å². The van der Waals surface area contributed by atoms with E-state index in [1.54, 1.807) is 0 Å². The molecule has 0 aromatic carbocycles. The van der Waals surface area contributed by atoms with Gasteiger partial charge in [0.1, 0.15) is 10.9 Å². The summed E-state index contributed by atoms with van der Waals surface area (Å²) in [4.78, 5) is 22.4. The molecule has 5 aliphatic rings. The maximum absolute atomic E-state index is 12.1. The highest BCUT2D eigenvalue weighted by molar-refractivity contribution is 7.15. The number of hydrogen-bond acceptors (Lipinski definition) is 6. The Balaban J connectivity index is 1.31. The highest BCUT2D eigenvalue weighted by atomic mass is 32.1. The molecule has 0 spiro atoms. The van der Waals surface area contributed by atoms with Gasteiger partial charge in [0.05, 0.1) is 0 Å². The molecule has 1 amide bonds. The Morgan fingerprint density at radius 1 is 1.12 bits per heavy atom. The first-order valence-corrected chi connectivity index (χ1v) is 9.62. The van der Waals surface area contributed by atoms with Gasteiger partial charge in [-0.2, -0.15) is 0 Å². The fourth-order valence-electron chi connectivity index (χ4n) is 5.76. The smallest absolute Gasteiger partial charge is 0.236 e. The first-order valence-electron chi connectivity index (χ1n) is 8.81. The molecule has 128 valence electrons. The van der Waals surface area contributed by atoms with Crippen molar-refractivity contribution in [3.05, 3.63) is 15.1 Å². The second-order valence-electron chi connectivity index (χ2n) is 8.29. The molecular weight excluding hydrogens is 328 g/mol. The van der Waals surface area contributed by atoms with E-state index in [-0.39, 0.29) is 16.2 Å².